The van der Waals surface area contributed by atoms with Gasteiger partial charge in [0.05, 0.1) is 17.4 Å². The second-order valence-corrected chi connectivity index (χ2v) is 8.08. The van der Waals surface area contributed by atoms with Crippen LogP contribution in [-0.2, 0) is 25.7 Å². The molecule has 4 rings (SSSR count). The van der Waals surface area contributed by atoms with Crippen molar-refractivity contribution in [2.75, 3.05) is 12.1 Å². The highest BCUT2D eigenvalue weighted by molar-refractivity contribution is 8.01. The van der Waals surface area contributed by atoms with Gasteiger partial charge in [-0.15, -0.1) is 11.8 Å². The van der Waals surface area contributed by atoms with E-state index in [1.807, 2.05) is 24.3 Å². The number of ether oxygens (including phenoxy) is 3. The Balaban J connectivity index is 1.26. The third kappa shape index (κ3) is 4.51. The zero-order valence-electron chi connectivity index (χ0n) is 16.2. The van der Waals surface area contributed by atoms with Gasteiger partial charge >= 0.3 is 5.97 Å². The van der Waals surface area contributed by atoms with Gasteiger partial charge < -0.3 is 24.8 Å². The maximum Gasteiger partial charge on any atom is 0.308 e. The van der Waals surface area contributed by atoms with E-state index < -0.39 is 23.2 Å². The average Bonchev–Trinajstić information content (AvgIpc) is 3.20. The molecule has 0 radical (unpaired) electrons. The van der Waals surface area contributed by atoms with Crippen LogP contribution in [0.15, 0.2) is 47.4 Å². The molecule has 0 aromatic heterocycles. The molecule has 2 aromatic carbocycles. The monoisotopic (exact) mass is 428 g/mol. The Morgan fingerprint density at radius 3 is 2.90 bits per heavy atom. The largest absolute Gasteiger partial charge is 0.454 e. The van der Waals surface area contributed by atoms with Crippen LogP contribution in [0.3, 0.4) is 0 Å². The van der Waals surface area contributed by atoms with Gasteiger partial charge in [-0.1, -0.05) is 18.2 Å². The average molecular weight is 428 g/mol. The van der Waals surface area contributed by atoms with Crippen molar-refractivity contribution < 1.29 is 28.6 Å². The molecule has 2 N–H and O–H groups in total. The van der Waals surface area contributed by atoms with Crippen LogP contribution in [0.25, 0.3) is 0 Å². The summed E-state index contributed by atoms with van der Waals surface area (Å²) < 4.78 is 15.8. The summed E-state index contributed by atoms with van der Waals surface area (Å²) in [6.45, 7) is 1.94. The number of esters is 1. The predicted molar refractivity (Wildman–Crippen MR) is 109 cm³/mol. The van der Waals surface area contributed by atoms with Crippen LogP contribution < -0.4 is 20.1 Å². The van der Waals surface area contributed by atoms with Gasteiger partial charge in [0, 0.05) is 11.4 Å². The van der Waals surface area contributed by atoms with Crippen LogP contribution in [0.2, 0.25) is 0 Å². The number of para-hydroxylation sites is 1. The number of anilines is 1. The van der Waals surface area contributed by atoms with E-state index in [1.165, 1.54) is 18.7 Å². The minimum absolute atomic E-state index is 0.120. The lowest BCUT2D eigenvalue weighted by molar-refractivity contribution is -0.155. The number of fused-ring (bicyclic) bond motifs is 2. The van der Waals surface area contributed by atoms with Crippen molar-refractivity contribution in [3.63, 3.8) is 0 Å². The highest BCUT2D eigenvalue weighted by atomic mass is 32.2. The Morgan fingerprint density at radius 2 is 2.03 bits per heavy atom. The van der Waals surface area contributed by atoms with Crippen molar-refractivity contribution in [2.24, 2.45) is 0 Å². The van der Waals surface area contributed by atoms with Crippen LogP contribution in [0.1, 0.15) is 18.9 Å². The molecule has 2 aliphatic rings. The van der Waals surface area contributed by atoms with Gasteiger partial charge in [0.15, 0.2) is 17.6 Å². The first-order valence-corrected chi connectivity index (χ1v) is 10.3. The molecule has 2 aliphatic heterocycles. The maximum absolute atomic E-state index is 12.3. The van der Waals surface area contributed by atoms with Crippen LogP contribution >= 0.6 is 11.8 Å². The molecule has 0 saturated heterocycles. The third-order valence-electron chi connectivity index (χ3n) is 4.64. The number of rotatable bonds is 6. The van der Waals surface area contributed by atoms with Crippen molar-refractivity contribution in [1.82, 2.24) is 5.32 Å². The molecule has 0 fully saturated rings. The van der Waals surface area contributed by atoms with E-state index >= 15 is 0 Å². The normalized spacial score (nSPS) is 17.5. The van der Waals surface area contributed by atoms with E-state index in [1.54, 1.807) is 18.2 Å². The fourth-order valence-electron chi connectivity index (χ4n) is 3.06. The smallest absolute Gasteiger partial charge is 0.308 e. The van der Waals surface area contributed by atoms with Gasteiger partial charge in [-0.3, -0.25) is 14.4 Å². The van der Waals surface area contributed by atoms with Gasteiger partial charge in [0.25, 0.3) is 5.91 Å². The number of hydrogen-bond acceptors (Lipinski definition) is 7. The standard InChI is InChI=1S/C21H20N2O6S/c1-12(20(25)22-10-13-6-7-15-16(8-13)28-11-27-15)29-19(24)9-18-21(26)23-14-4-2-3-5-17(14)30-18/h2-8,12,18H,9-11H2,1H3,(H,22,25)(H,23,26)/t12-,18-/m0/s1. The minimum Gasteiger partial charge on any atom is -0.454 e. The highest BCUT2D eigenvalue weighted by Crippen LogP contribution is 2.36. The second-order valence-electron chi connectivity index (χ2n) is 6.83. The molecule has 0 spiro atoms. The summed E-state index contributed by atoms with van der Waals surface area (Å²) in [5, 5.41) is 4.90. The van der Waals surface area contributed by atoms with E-state index in [0.29, 0.717) is 11.5 Å². The molecule has 30 heavy (non-hydrogen) atoms. The fourth-order valence-corrected chi connectivity index (χ4v) is 4.16. The Labute approximate surface area is 177 Å². The van der Waals surface area contributed by atoms with Crippen molar-refractivity contribution in [2.45, 2.75) is 36.1 Å². The number of carbonyl (C=O) groups is 3. The quantitative estimate of drug-likeness (QED) is 0.682. The topological polar surface area (TPSA) is 103 Å². The van der Waals surface area contributed by atoms with Crippen LogP contribution in [0, 0.1) is 0 Å². The molecule has 0 bridgehead atoms. The van der Waals surface area contributed by atoms with Gasteiger partial charge in [-0.05, 0) is 36.8 Å². The highest BCUT2D eigenvalue weighted by Gasteiger charge is 2.30. The first-order chi connectivity index (χ1) is 14.5. The summed E-state index contributed by atoms with van der Waals surface area (Å²) in [4.78, 5) is 37.6. The summed E-state index contributed by atoms with van der Waals surface area (Å²) in [6.07, 6.45) is -1.10. The summed E-state index contributed by atoms with van der Waals surface area (Å²) in [7, 11) is 0. The van der Waals surface area contributed by atoms with E-state index in [2.05, 4.69) is 10.6 Å². The van der Waals surface area contributed by atoms with Crippen LogP contribution in [-0.4, -0.2) is 35.9 Å². The third-order valence-corrected chi connectivity index (χ3v) is 5.92. The summed E-state index contributed by atoms with van der Waals surface area (Å²) >= 11 is 1.31. The Morgan fingerprint density at radius 1 is 1.23 bits per heavy atom. The Kier molecular flexibility index (Phi) is 5.80. The number of benzene rings is 2. The van der Waals surface area contributed by atoms with E-state index in [9.17, 15) is 14.4 Å². The molecule has 156 valence electrons. The molecule has 9 heteroatoms. The van der Waals surface area contributed by atoms with Gasteiger partial charge in [0.2, 0.25) is 12.7 Å². The molecule has 0 saturated carbocycles. The molecule has 0 unspecified atom stereocenters. The number of amides is 2. The molecular formula is C21H20N2O6S. The van der Waals surface area contributed by atoms with E-state index in [-0.39, 0.29) is 25.7 Å². The molecule has 8 nitrogen and oxygen atoms in total. The minimum atomic E-state index is -0.976. The molecule has 0 aliphatic carbocycles. The lowest BCUT2D eigenvalue weighted by atomic mass is 10.2. The second kappa shape index (κ2) is 8.66. The maximum atomic E-state index is 12.3. The Hall–Kier alpha value is -3.20. The molecule has 2 heterocycles. The SMILES string of the molecule is C[C@H](OC(=O)C[C@@H]1Sc2ccccc2NC1=O)C(=O)NCc1ccc2c(c1)OCO2. The van der Waals surface area contributed by atoms with Crippen LogP contribution in [0.5, 0.6) is 11.5 Å². The Bertz CT molecular complexity index is 995. The lowest BCUT2D eigenvalue weighted by Gasteiger charge is -2.23. The van der Waals surface area contributed by atoms with Crippen molar-refractivity contribution in [3.8, 4) is 11.5 Å². The first kappa shape index (κ1) is 20.1. The predicted octanol–water partition coefficient (Wildman–Crippen LogP) is 2.47. The summed E-state index contributed by atoms with van der Waals surface area (Å²) in [5.74, 6) is 0.0149. The zero-order chi connectivity index (χ0) is 21.1. The fraction of sp³-hybridized carbons (Fsp3) is 0.286. The number of thioether (sulfide) groups is 1. The van der Waals surface area contributed by atoms with E-state index in [4.69, 9.17) is 14.2 Å². The molecule has 2 amide bonds. The number of nitrogens with one attached hydrogen (secondary N) is 2. The van der Waals surface area contributed by atoms with Gasteiger partial charge in [-0.2, -0.15) is 0 Å². The van der Waals surface area contributed by atoms with Crippen LogP contribution in [0.4, 0.5) is 5.69 Å². The van der Waals surface area contributed by atoms with Gasteiger partial charge in [-0.25, -0.2) is 0 Å². The zero-order valence-corrected chi connectivity index (χ0v) is 17.0. The summed E-state index contributed by atoms with van der Waals surface area (Å²) in [5.41, 5.74) is 1.56. The summed E-state index contributed by atoms with van der Waals surface area (Å²) in [6, 6.07) is 12.8. The number of hydrogen-bond donors (Lipinski definition) is 2. The first-order valence-electron chi connectivity index (χ1n) is 9.42. The van der Waals surface area contributed by atoms with Crippen molar-refractivity contribution >= 4 is 35.2 Å². The van der Waals surface area contributed by atoms with Crippen molar-refractivity contribution in [3.05, 3.63) is 48.0 Å². The molecular weight excluding hydrogens is 408 g/mol. The van der Waals surface area contributed by atoms with E-state index in [0.717, 1.165) is 16.1 Å². The lowest BCUT2D eigenvalue weighted by Crippen LogP contribution is -2.37. The molecule has 2 aromatic rings. The number of carbonyl (C=O) groups excluding carboxylic acids is 3. The van der Waals surface area contributed by atoms with Crippen molar-refractivity contribution in [1.29, 1.82) is 0 Å². The van der Waals surface area contributed by atoms with Gasteiger partial charge in [0.1, 0.15) is 0 Å². The molecule has 2 atom stereocenters.